The van der Waals surface area contributed by atoms with Crippen LogP contribution in [0.2, 0.25) is 5.02 Å². The second kappa shape index (κ2) is 13.8. The van der Waals surface area contributed by atoms with Crippen molar-refractivity contribution in [2.45, 2.75) is 49.8 Å². The van der Waals surface area contributed by atoms with Crippen molar-refractivity contribution in [2.24, 2.45) is 7.05 Å². The summed E-state index contributed by atoms with van der Waals surface area (Å²) in [6, 6.07) is 7.47. The molecule has 5 aromatic rings. The second-order valence-corrected chi connectivity index (χ2v) is 15.5. The molecule has 288 valence electrons. The van der Waals surface area contributed by atoms with Gasteiger partial charge in [-0.2, -0.15) is 19.0 Å². The molecule has 0 spiro atoms. The Morgan fingerprint density at radius 2 is 1.76 bits per heavy atom. The molecule has 2 aromatic carbocycles. The van der Waals surface area contributed by atoms with Crippen LogP contribution in [-0.2, 0) is 40.8 Å². The molecular weight excluding hydrogens is 778 g/mol. The molecule has 0 radical (unpaired) electrons. The molecule has 1 saturated carbocycles. The number of rotatable bonds is 10. The minimum atomic E-state index is -3.83. The molecule has 20 heteroatoms. The van der Waals surface area contributed by atoms with Crippen LogP contribution in [0.4, 0.5) is 37.8 Å². The highest BCUT2D eigenvalue weighted by molar-refractivity contribution is 7.92. The van der Waals surface area contributed by atoms with E-state index in [0.717, 1.165) is 18.4 Å². The Balaban J connectivity index is 1.38. The third kappa shape index (κ3) is 7.79. The topological polar surface area (TPSA) is 156 Å². The van der Waals surface area contributed by atoms with Gasteiger partial charge in [0.1, 0.15) is 35.2 Å². The molecule has 1 aliphatic heterocycles. The van der Waals surface area contributed by atoms with Gasteiger partial charge < -0.3 is 15.7 Å². The lowest BCUT2D eigenvalue weighted by Crippen LogP contribution is -2.35. The maximum Gasteiger partial charge on any atom is 0.308 e. The average Bonchev–Trinajstić information content (AvgIpc) is 3.39. The molecule has 55 heavy (non-hydrogen) atoms. The molecule has 7 rings (SSSR count). The Kier molecular flexibility index (Phi) is 9.50. The first-order valence-electron chi connectivity index (χ1n) is 16.5. The summed E-state index contributed by atoms with van der Waals surface area (Å²) in [6.45, 7) is -1.95. The maximum atomic E-state index is 14.9. The number of alkyl halides is 4. The number of amides is 1. The highest BCUT2D eigenvalue weighted by Gasteiger charge is 2.47. The third-order valence-electron chi connectivity index (χ3n) is 8.92. The number of sulfonamides is 1. The average molecular weight is 807 g/mol. The predicted octanol–water partition coefficient (Wildman–Crippen LogP) is 5.57. The zero-order chi connectivity index (χ0) is 39.6. The van der Waals surface area contributed by atoms with Crippen LogP contribution in [0.3, 0.4) is 0 Å². The molecule has 0 bridgehead atoms. The highest BCUT2D eigenvalue weighted by Crippen LogP contribution is 2.44. The van der Waals surface area contributed by atoms with E-state index >= 15 is 0 Å². The minimum absolute atomic E-state index is 0.0287. The second-order valence-electron chi connectivity index (χ2n) is 13.3. The fourth-order valence-electron chi connectivity index (χ4n) is 6.44. The zero-order valence-electron chi connectivity index (χ0n) is 28.7. The molecule has 4 heterocycles. The lowest BCUT2D eigenvalue weighted by Gasteiger charge is -2.23. The predicted molar refractivity (Wildman–Crippen MR) is 189 cm³/mol. The number of fused-ring (bicyclic) bond motifs is 2. The Morgan fingerprint density at radius 3 is 2.42 bits per heavy atom. The van der Waals surface area contributed by atoms with Crippen molar-refractivity contribution in [3.05, 3.63) is 87.5 Å². The summed E-state index contributed by atoms with van der Waals surface area (Å²) in [5.74, 6) is -1.08. The number of aliphatic hydroxyl groups is 1. The maximum absolute atomic E-state index is 14.9. The summed E-state index contributed by atoms with van der Waals surface area (Å²) in [5.41, 5.74) is -2.58. The summed E-state index contributed by atoms with van der Waals surface area (Å²) < 4.78 is 115. The Bertz CT molecular complexity index is 2540. The van der Waals surface area contributed by atoms with E-state index in [1.807, 2.05) is 0 Å². The minimum Gasteiger partial charge on any atom is -0.378 e. The number of nitrogens with zero attached hydrogens (tertiary/aromatic N) is 5. The van der Waals surface area contributed by atoms with Crippen LogP contribution in [0.15, 0.2) is 42.5 Å². The largest absolute Gasteiger partial charge is 0.378 e. The van der Waals surface area contributed by atoms with Gasteiger partial charge in [-0.05, 0) is 61.1 Å². The lowest BCUT2D eigenvalue weighted by atomic mass is 9.93. The Labute approximate surface area is 313 Å². The summed E-state index contributed by atoms with van der Waals surface area (Å²) in [5, 5.41) is 23.5. The van der Waals surface area contributed by atoms with Gasteiger partial charge in [0.05, 0.1) is 46.1 Å². The molecule has 1 amide bonds. The van der Waals surface area contributed by atoms with Crippen LogP contribution in [0, 0.1) is 23.5 Å². The number of benzene rings is 2. The van der Waals surface area contributed by atoms with Gasteiger partial charge in [0.15, 0.2) is 11.5 Å². The number of pyridine rings is 1. The molecule has 3 aromatic heterocycles. The number of anilines is 2. The number of aryl methyl sites for hydroxylation is 1. The van der Waals surface area contributed by atoms with Crippen molar-refractivity contribution in [1.82, 2.24) is 29.9 Å². The van der Waals surface area contributed by atoms with Gasteiger partial charge >= 0.3 is 5.92 Å². The van der Waals surface area contributed by atoms with E-state index in [-0.39, 0.29) is 45.2 Å². The van der Waals surface area contributed by atoms with Gasteiger partial charge in [-0.1, -0.05) is 23.6 Å². The Morgan fingerprint density at radius 1 is 1.07 bits per heavy atom. The number of halogens is 7. The normalized spacial score (nSPS) is 16.0. The number of carbonyl (C=O) groups is 1. The van der Waals surface area contributed by atoms with Crippen LogP contribution in [0.1, 0.15) is 53.6 Å². The third-order valence-corrected chi connectivity index (χ3v) is 9.80. The SMILES string of the molecule is Cn1nc(NS(C)(=O)=O)c2c(Cl)ccc(-c3ccc(C#CC4(O)CC4)nc3[C@H](Cc3cc(F)cc(F)c3)NC(=O)Cn3nc(C(F)F)c4c3C(F)(F)CN4)c21. The van der Waals surface area contributed by atoms with Gasteiger partial charge in [0.25, 0.3) is 6.43 Å². The summed E-state index contributed by atoms with van der Waals surface area (Å²) >= 11 is 6.56. The van der Waals surface area contributed by atoms with Crippen molar-refractivity contribution in [3.63, 3.8) is 0 Å². The summed E-state index contributed by atoms with van der Waals surface area (Å²) in [4.78, 5) is 18.5. The van der Waals surface area contributed by atoms with Gasteiger partial charge in [-0.3, -0.25) is 18.9 Å². The summed E-state index contributed by atoms with van der Waals surface area (Å²) in [6.07, 6.45) is -1.80. The fraction of sp³-hybridized carbons (Fsp3) is 0.314. The van der Waals surface area contributed by atoms with E-state index < -0.39 is 81.7 Å². The first kappa shape index (κ1) is 38.0. The quantitative estimate of drug-likeness (QED) is 0.106. The molecular formula is C35H29ClF6N8O4S. The molecule has 0 saturated heterocycles. The van der Waals surface area contributed by atoms with E-state index in [9.17, 15) is 44.7 Å². The van der Waals surface area contributed by atoms with Crippen LogP contribution in [0.5, 0.6) is 0 Å². The number of carbonyl (C=O) groups excluding carboxylic acids is 1. The summed E-state index contributed by atoms with van der Waals surface area (Å²) in [7, 11) is -2.30. The van der Waals surface area contributed by atoms with Crippen molar-refractivity contribution in [2.75, 3.05) is 22.8 Å². The fourth-order valence-corrected chi connectivity index (χ4v) is 7.17. The lowest BCUT2D eigenvalue weighted by molar-refractivity contribution is -0.122. The van der Waals surface area contributed by atoms with E-state index in [1.54, 1.807) is 12.1 Å². The van der Waals surface area contributed by atoms with E-state index in [4.69, 9.17) is 16.6 Å². The monoisotopic (exact) mass is 806 g/mol. The number of aromatic nitrogens is 5. The molecule has 1 aliphatic carbocycles. The highest BCUT2D eigenvalue weighted by atomic mass is 35.5. The molecule has 2 aliphatic rings. The van der Waals surface area contributed by atoms with Crippen LogP contribution in [-0.4, -0.2) is 62.4 Å². The number of hydrogen-bond acceptors (Lipinski definition) is 8. The van der Waals surface area contributed by atoms with Gasteiger partial charge in [-0.25, -0.2) is 31.0 Å². The molecule has 12 nitrogen and oxygen atoms in total. The van der Waals surface area contributed by atoms with Crippen molar-refractivity contribution < 1.29 is 44.7 Å². The first-order chi connectivity index (χ1) is 25.8. The van der Waals surface area contributed by atoms with Crippen molar-refractivity contribution in [3.8, 4) is 23.0 Å². The van der Waals surface area contributed by atoms with Gasteiger partial charge in [0, 0.05) is 24.2 Å². The van der Waals surface area contributed by atoms with Crippen LogP contribution in [0.25, 0.3) is 22.0 Å². The first-order valence-corrected chi connectivity index (χ1v) is 18.7. The molecule has 0 unspecified atom stereocenters. The molecule has 1 atom stereocenters. The number of nitrogens with one attached hydrogen (secondary N) is 3. The van der Waals surface area contributed by atoms with Gasteiger partial charge in [0.2, 0.25) is 15.9 Å². The van der Waals surface area contributed by atoms with Crippen LogP contribution >= 0.6 is 11.6 Å². The van der Waals surface area contributed by atoms with Gasteiger partial charge in [-0.15, -0.1) is 0 Å². The molecule has 4 N–H and O–H groups in total. The van der Waals surface area contributed by atoms with Crippen LogP contribution < -0.4 is 15.4 Å². The smallest absolute Gasteiger partial charge is 0.308 e. The van der Waals surface area contributed by atoms with Crippen molar-refractivity contribution >= 4 is 49.9 Å². The standard InChI is InChI=1S/C35H29ClF6N8O4S/c1-49-30-22(5-6-23(36)26(30)33(47-49)48-55(2,53)54)21-4-3-20(7-8-34(52)9-10-34)44-27(21)24(13-17-11-18(37)14-19(38)12-17)45-25(51)15-50-31-28(29(46-50)32(39)40)43-16-35(31,41)42/h3-6,11-12,14,24,32,43,52H,9-10,13,15-16H2,1-2H3,(H,45,51)(H,47,48)/t24-/m0/s1. The zero-order valence-corrected chi connectivity index (χ0v) is 30.3. The van der Waals surface area contributed by atoms with E-state index in [0.29, 0.717) is 34.7 Å². The Hall–Kier alpha value is -5.32. The molecule has 1 fully saturated rings. The van der Waals surface area contributed by atoms with E-state index in [1.165, 1.54) is 23.9 Å². The van der Waals surface area contributed by atoms with Crippen molar-refractivity contribution in [1.29, 1.82) is 0 Å². The van der Waals surface area contributed by atoms with E-state index in [2.05, 4.69) is 37.4 Å². The number of hydrogen-bond donors (Lipinski definition) is 4.